The minimum Gasteiger partial charge on any atom is -0.467 e. The summed E-state index contributed by atoms with van der Waals surface area (Å²) < 4.78 is 5.08. The van der Waals surface area contributed by atoms with Crippen LogP contribution in [0.15, 0.2) is 42.0 Å². The Hall–Kier alpha value is -3.16. The fourth-order valence-electron chi connectivity index (χ4n) is 3.64. The van der Waals surface area contributed by atoms with Crippen LogP contribution in [0.25, 0.3) is 11.3 Å². The van der Waals surface area contributed by atoms with Crippen molar-refractivity contribution < 1.29 is 9.53 Å². The molecule has 0 spiro atoms. The number of hydrogen-bond donors (Lipinski definition) is 2. The maximum absolute atomic E-state index is 12.4. The highest BCUT2D eigenvalue weighted by atomic mass is 16.5. The summed E-state index contributed by atoms with van der Waals surface area (Å²) in [4.78, 5) is 37.0. The molecule has 2 aliphatic rings. The number of rotatable bonds is 7. The number of carbonyl (C=O) groups excluding carboxylic acids is 1. The van der Waals surface area contributed by atoms with Crippen molar-refractivity contribution in [2.45, 2.75) is 18.9 Å². The zero-order chi connectivity index (χ0) is 19.7. The van der Waals surface area contributed by atoms with E-state index in [-0.39, 0.29) is 23.5 Å². The zero-order valence-corrected chi connectivity index (χ0v) is 15.7. The molecule has 2 fully saturated rings. The number of ether oxygens (including phenoxy) is 1. The van der Waals surface area contributed by atoms with Gasteiger partial charge in [0.25, 0.3) is 5.56 Å². The Kier molecular flexibility index (Phi) is 4.85. The van der Waals surface area contributed by atoms with Gasteiger partial charge in [-0.15, -0.1) is 0 Å². The van der Waals surface area contributed by atoms with Gasteiger partial charge in [-0.3, -0.25) is 9.59 Å². The number of methoxy groups -OCH3 is 1. The van der Waals surface area contributed by atoms with Crippen LogP contribution < -0.4 is 15.6 Å². The summed E-state index contributed by atoms with van der Waals surface area (Å²) in [5.74, 6) is 0.829. The van der Waals surface area contributed by atoms with Gasteiger partial charge in [-0.2, -0.15) is 4.98 Å². The Morgan fingerprint density at radius 1 is 1.43 bits per heavy atom. The number of hydrogen-bond acceptors (Lipinski definition) is 6. The zero-order valence-electron chi connectivity index (χ0n) is 15.7. The molecule has 1 saturated carbocycles. The van der Waals surface area contributed by atoms with Gasteiger partial charge in [-0.25, -0.2) is 4.98 Å². The summed E-state index contributed by atoms with van der Waals surface area (Å²) in [6.45, 7) is 4.93. The predicted molar refractivity (Wildman–Crippen MR) is 105 cm³/mol. The summed E-state index contributed by atoms with van der Waals surface area (Å²) in [6, 6.07) is 4.02. The van der Waals surface area contributed by atoms with E-state index in [1.54, 1.807) is 29.4 Å². The van der Waals surface area contributed by atoms with Crippen LogP contribution in [0, 0.1) is 11.8 Å². The van der Waals surface area contributed by atoms with Gasteiger partial charge in [-0.1, -0.05) is 6.58 Å². The molecule has 2 aromatic rings. The van der Waals surface area contributed by atoms with Gasteiger partial charge in [0.05, 0.1) is 12.8 Å². The summed E-state index contributed by atoms with van der Waals surface area (Å²) in [6.07, 6.45) is 6.88. The third kappa shape index (κ3) is 3.62. The van der Waals surface area contributed by atoms with Crippen LogP contribution in [0.5, 0.6) is 6.01 Å². The smallest absolute Gasteiger partial charge is 0.316 e. The minimum atomic E-state index is -0.172. The fourth-order valence-corrected chi connectivity index (χ4v) is 3.64. The van der Waals surface area contributed by atoms with Gasteiger partial charge in [0.15, 0.2) is 0 Å². The van der Waals surface area contributed by atoms with Crippen LogP contribution in [0.4, 0.5) is 5.69 Å². The second kappa shape index (κ2) is 7.46. The molecule has 1 aliphatic carbocycles. The standard InChI is InChI=1S/C20H23N5O3/c1-3-17(26)25-10-14(11-25)18(12-4-5-12)23-16-8-13(9-22-19(16)27)15-6-7-21-20(24-15)28-2/h3,6-9,12,14,18,23H,1,4-5,10-11H2,2H3,(H,22,27). The molecular weight excluding hydrogens is 358 g/mol. The maximum atomic E-state index is 12.4. The number of H-pyrrole nitrogens is 1. The third-order valence-corrected chi connectivity index (χ3v) is 5.37. The Balaban J connectivity index is 1.54. The molecule has 1 unspecified atom stereocenters. The lowest BCUT2D eigenvalue weighted by Crippen LogP contribution is -2.56. The van der Waals surface area contributed by atoms with Gasteiger partial charge in [0.1, 0.15) is 5.69 Å². The number of amides is 1. The molecule has 146 valence electrons. The number of likely N-dealkylation sites (tertiary alicyclic amines) is 1. The summed E-state index contributed by atoms with van der Waals surface area (Å²) in [7, 11) is 1.51. The topological polar surface area (TPSA) is 100 Å². The number of nitrogens with one attached hydrogen (secondary N) is 2. The van der Waals surface area contributed by atoms with Gasteiger partial charge < -0.3 is 19.9 Å². The molecule has 1 atom stereocenters. The van der Waals surface area contributed by atoms with Crippen molar-refractivity contribution in [1.82, 2.24) is 19.9 Å². The number of nitrogens with zero attached hydrogens (tertiary/aromatic N) is 3. The van der Waals surface area contributed by atoms with Crippen molar-refractivity contribution in [1.29, 1.82) is 0 Å². The number of aromatic nitrogens is 3. The van der Waals surface area contributed by atoms with Crippen LogP contribution in [0.2, 0.25) is 0 Å². The van der Waals surface area contributed by atoms with E-state index in [1.807, 2.05) is 0 Å². The van der Waals surface area contributed by atoms with E-state index in [0.717, 1.165) is 18.4 Å². The first-order chi connectivity index (χ1) is 13.6. The first-order valence-electron chi connectivity index (χ1n) is 9.37. The van der Waals surface area contributed by atoms with E-state index in [9.17, 15) is 9.59 Å². The lowest BCUT2D eigenvalue weighted by atomic mass is 9.88. The molecule has 3 heterocycles. The number of carbonyl (C=O) groups is 1. The van der Waals surface area contributed by atoms with Gasteiger partial charge in [0.2, 0.25) is 5.91 Å². The molecule has 0 radical (unpaired) electrons. The Morgan fingerprint density at radius 2 is 2.21 bits per heavy atom. The van der Waals surface area contributed by atoms with E-state index in [4.69, 9.17) is 4.74 Å². The lowest BCUT2D eigenvalue weighted by Gasteiger charge is -2.43. The molecule has 4 rings (SSSR count). The highest BCUT2D eigenvalue weighted by Gasteiger charge is 2.43. The molecule has 8 nitrogen and oxygen atoms in total. The highest BCUT2D eigenvalue weighted by Crippen LogP contribution is 2.40. The van der Waals surface area contributed by atoms with E-state index < -0.39 is 0 Å². The third-order valence-electron chi connectivity index (χ3n) is 5.37. The average Bonchev–Trinajstić information content (AvgIpc) is 3.52. The maximum Gasteiger partial charge on any atom is 0.316 e. The summed E-state index contributed by atoms with van der Waals surface area (Å²) in [5.41, 5.74) is 1.78. The molecule has 8 heteroatoms. The minimum absolute atomic E-state index is 0.0386. The molecule has 2 N–H and O–H groups in total. The largest absolute Gasteiger partial charge is 0.467 e. The van der Waals surface area contributed by atoms with Crippen molar-refractivity contribution in [2.24, 2.45) is 11.8 Å². The van der Waals surface area contributed by atoms with Crippen molar-refractivity contribution in [3.63, 3.8) is 0 Å². The van der Waals surface area contributed by atoms with E-state index in [0.29, 0.717) is 36.3 Å². The molecular formula is C20H23N5O3. The van der Waals surface area contributed by atoms with E-state index >= 15 is 0 Å². The molecule has 1 amide bonds. The van der Waals surface area contributed by atoms with Gasteiger partial charge in [-0.05, 0) is 37.0 Å². The molecule has 0 aromatic carbocycles. The van der Waals surface area contributed by atoms with Crippen LogP contribution >= 0.6 is 0 Å². The van der Waals surface area contributed by atoms with Crippen LogP contribution in [0.3, 0.4) is 0 Å². The van der Waals surface area contributed by atoms with Crippen LogP contribution in [-0.2, 0) is 4.79 Å². The first-order valence-corrected chi connectivity index (χ1v) is 9.37. The summed E-state index contributed by atoms with van der Waals surface area (Å²) >= 11 is 0. The van der Waals surface area contributed by atoms with Crippen molar-refractivity contribution in [3.05, 3.63) is 47.5 Å². The molecule has 1 saturated heterocycles. The van der Waals surface area contributed by atoms with Crippen LogP contribution in [0.1, 0.15) is 12.8 Å². The fraction of sp³-hybridized carbons (Fsp3) is 0.400. The quantitative estimate of drug-likeness (QED) is 0.708. The molecule has 1 aliphatic heterocycles. The Morgan fingerprint density at radius 3 is 2.89 bits per heavy atom. The average molecular weight is 381 g/mol. The van der Waals surface area contributed by atoms with Crippen molar-refractivity contribution in [2.75, 3.05) is 25.5 Å². The lowest BCUT2D eigenvalue weighted by molar-refractivity contribution is -0.132. The van der Waals surface area contributed by atoms with E-state index in [1.165, 1.54) is 13.2 Å². The number of anilines is 1. The number of pyridine rings is 1. The Bertz CT molecular complexity index is 947. The number of aromatic amines is 1. The van der Waals surface area contributed by atoms with Gasteiger partial charge in [0, 0.05) is 43.0 Å². The monoisotopic (exact) mass is 381 g/mol. The normalized spacial score (nSPS) is 17.5. The van der Waals surface area contributed by atoms with Crippen LogP contribution in [-0.4, -0.2) is 52.0 Å². The SMILES string of the molecule is C=CC(=O)N1CC(C(Nc2cc(-c3ccnc(OC)n3)c[nH]c2=O)C2CC2)C1. The van der Waals surface area contributed by atoms with Gasteiger partial charge >= 0.3 is 6.01 Å². The van der Waals surface area contributed by atoms with Crippen molar-refractivity contribution in [3.8, 4) is 17.3 Å². The van der Waals surface area contributed by atoms with E-state index in [2.05, 4.69) is 26.8 Å². The first kappa shape index (κ1) is 18.2. The second-order valence-electron chi connectivity index (χ2n) is 7.27. The van der Waals surface area contributed by atoms with Crippen molar-refractivity contribution >= 4 is 11.6 Å². The molecule has 0 bridgehead atoms. The highest BCUT2D eigenvalue weighted by molar-refractivity contribution is 5.87. The molecule has 28 heavy (non-hydrogen) atoms. The predicted octanol–water partition coefficient (Wildman–Crippen LogP) is 1.68. The second-order valence-corrected chi connectivity index (χ2v) is 7.27. The molecule has 2 aromatic heterocycles. The Labute approximate surface area is 162 Å². The summed E-state index contributed by atoms with van der Waals surface area (Å²) in [5, 5.41) is 3.45.